The van der Waals surface area contributed by atoms with Gasteiger partial charge in [0.2, 0.25) is 0 Å². The van der Waals surface area contributed by atoms with Crippen molar-refractivity contribution in [3.05, 3.63) is 53.4 Å². The molecule has 1 atom stereocenters. The minimum Gasteiger partial charge on any atom is -0.359 e. The maximum Gasteiger partial charge on any atom is 0.273 e. The second-order valence-electron chi connectivity index (χ2n) is 8.72. The highest BCUT2D eigenvalue weighted by molar-refractivity contribution is 5.92. The van der Waals surface area contributed by atoms with E-state index in [4.69, 9.17) is 4.52 Å². The first-order valence-electron chi connectivity index (χ1n) is 11.5. The van der Waals surface area contributed by atoms with Gasteiger partial charge in [-0.05, 0) is 69.8 Å². The number of likely N-dealkylation sites (N-methyl/N-ethyl adjacent to an activating group) is 1. The van der Waals surface area contributed by atoms with Gasteiger partial charge in [0.25, 0.3) is 5.91 Å². The molecule has 2 fully saturated rings. The van der Waals surface area contributed by atoms with Gasteiger partial charge in [-0.15, -0.1) is 0 Å². The third kappa shape index (κ3) is 5.49. The molecule has 0 bridgehead atoms. The Balaban J connectivity index is 1.20. The molecule has 0 aliphatic carbocycles. The predicted molar refractivity (Wildman–Crippen MR) is 117 cm³/mol. The zero-order valence-electron chi connectivity index (χ0n) is 18.1. The first-order valence-corrected chi connectivity index (χ1v) is 11.5. The fourth-order valence-corrected chi connectivity index (χ4v) is 4.85. The van der Waals surface area contributed by atoms with Crippen molar-refractivity contribution < 1.29 is 9.32 Å². The zero-order valence-corrected chi connectivity index (χ0v) is 18.1. The number of hydrogen-bond acceptors (Lipinski definition) is 5. The Kier molecular flexibility index (Phi) is 7.18. The molecule has 1 amide bonds. The summed E-state index contributed by atoms with van der Waals surface area (Å²) in [5, 5.41) is 7.04. The molecule has 2 aliphatic heterocycles. The largest absolute Gasteiger partial charge is 0.359 e. The monoisotopic (exact) mass is 410 g/mol. The van der Waals surface area contributed by atoms with E-state index in [9.17, 15) is 4.79 Å². The van der Waals surface area contributed by atoms with E-state index in [1.807, 2.05) is 0 Å². The van der Waals surface area contributed by atoms with Crippen LogP contribution in [0.5, 0.6) is 0 Å². The molecule has 1 aromatic carbocycles. The summed E-state index contributed by atoms with van der Waals surface area (Å²) >= 11 is 0. The maximum absolute atomic E-state index is 12.5. The third-order valence-corrected chi connectivity index (χ3v) is 6.65. The van der Waals surface area contributed by atoms with Gasteiger partial charge >= 0.3 is 0 Å². The molecule has 0 radical (unpaired) electrons. The van der Waals surface area contributed by atoms with Gasteiger partial charge in [0.05, 0.1) is 6.54 Å². The standard InChI is InChI=1S/C24H34N4O2/c1-2-28-12-6-9-21(28)17-25-24(29)23-16-22(30-26-23)18-27-13-10-20(11-14-27)15-19-7-4-3-5-8-19/h3-5,7-8,16,20-21H,2,6,9-15,17-18H2,1H3,(H,25,29). The van der Waals surface area contributed by atoms with Gasteiger partial charge in [-0.1, -0.05) is 42.4 Å². The van der Waals surface area contributed by atoms with Gasteiger partial charge in [0, 0.05) is 18.7 Å². The number of nitrogens with one attached hydrogen (secondary N) is 1. The van der Waals surface area contributed by atoms with E-state index >= 15 is 0 Å². The number of likely N-dealkylation sites (tertiary alicyclic amines) is 2. The summed E-state index contributed by atoms with van der Waals surface area (Å²) in [6, 6.07) is 13.0. The van der Waals surface area contributed by atoms with Crippen LogP contribution in [0.1, 0.15) is 54.4 Å². The first-order chi connectivity index (χ1) is 14.7. The smallest absolute Gasteiger partial charge is 0.273 e. The number of benzene rings is 1. The lowest BCUT2D eigenvalue weighted by atomic mass is 9.90. The lowest BCUT2D eigenvalue weighted by Gasteiger charge is -2.31. The SMILES string of the molecule is CCN1CCCC1CNC(=O)c1cc(CN2CCC(Cc3ccccc3)CC2)on1. The van der Waals surface area contributed by atoms with Crippen LogP contribution in [-0.2, 0) is 13.0 Å². The van der Waals surface area contributed by atoms with Crippen molar-refractivity contribution >= 4 is 5.91 Å². The molecule has 30 heavy (non-hydrogen) atoms. The molecule has 4 rings (SSSR count). The Labute approximate surface area is 179 Å². The summed E-state index contributed by atoms with van der Waals surface area (Å²) in [5.74, 6) is 1.39. The predicted octanol–water partition coefficient (Wildman–Crippen LogP) is 3.34. The Morgan fingerprint density at radius 2 is 1.97 bits per heavy atom. The number of aromatic nitrogens is 1. The quantitative estimate of drug-likeness (QED) is 0.723. The number of hydrogen-bond donors (Lipinski definition) is 1. The molecule has 1 N–H and O–H groups in total. The van der Waals surface area contributed by atoms with Crippen LogP contribution in [-0.4, -0.2) is 59.6 Å². The fraction of sp³-hybridized carbons (Fsp3) is 0.583. The summed E-state index contributed by atoms with van der Waals surface area (Å²) in [4.78, 5) is 17.3. The lowest BCUT2D eigenvalue weighted by Crippen LogP contribution is -2.40. The fourth-order valence-electron chi connectivity index (χ4n) is 4.85. The number of piperidine rings is 1. The summed E-state index contributed by atoms with van der Waals surface area (Å²) in [5.41, 5.74) is 1.83. The molecule has 1 aromatic heterocycles. The molecular formula is C24H34N4O2. The molecule has 1 unspecified atom stereocenters. The Hall–Kier alpha value is -2.18. The van der Waals surface area contributed by atoms with Crippen LogP contribution >= 0.6 is 0 Å². The Bertz CT molecular complexity index is 799. The minimum atomic E-state index is -0.130. The van der Waals surface area contributed by atoms with Crippen LogP contribution in [0.3, 0.4) is 0 Å². The molecule has 6 nitrogen and oxygen atoms in total. The molecule has 162 valence electrons. The van der Waals surface area contributed by atoms with E-state index in [0.29, 0.717) is 18.3 Å². The zero-order chi connectivity index (χ0) is 20.8. The number of carbonyl (C=O) groups is 1. The lowest BCUT2D eigenvalue weighted by molar-refractivity contribution is 0.0932. The van der Waals surface area contributed by atoms with Crippen LogP contribution in [0.2, 0.25) is 0 Å². The molecule has 2 aromatic rings. The van der Waals surface area contributed by atoms with Crippen molar-refractivity contribution in [2.75, 3.05) is 32.7 Å². The van der Waals surface area contributed by atoms with Crippen LogP contribution in [0.15, 0.2) is 40.9 Å². The van der Waals surface area contributed by atoms with Crippen LogP contribution < -0.4 is 5.32 Å². The second kappa shape index (κ2) is 10.2. The Morgan fingerprint density at radius 3 is 2.73 bits per heavy atom. The average Bonchev–Trinajstić information content (AvgIpc) is 3.43. The molecule has 2 aliphatic rings. The first kappa shape index (κ1) is 21.1. The average molecular weight is 411 g/mol. The van der Waals surface area contributed by atoms with E-state index in [2.05, 4.69) is 57.5 Å². The number of nitrogens with zero attached hydrogens (tertiary/aromatic N) is 3. The summed E-state index contributed by atoms with van der Waals surface area (Å²) in [7, 11) is 0. The van der Waals surface area contributed by atoms with Crippen molar-refractivity contribution in [1.29, 1.82) is 0 Å². The number of carbonyl (C=O) groups excluding carboxylic acids is 1. The van der Waals surface area contributed by atoms with Crippen molar-refractivity contribution in [1.82, 2.24) is 20.3 Å². The normalized spacial score (nSPS) is 21.2. The highest BCUT2D eigenvalue weighted by Gasteiger charge is 2.25. The van der Waals surface area contributed by atoms with Gasteiger partial charge < -0.3 is 9.84 Å². The molecule has 3 heterocycles. The second-order valence-corrected chi connectivity index (χ2v) is 8.72. The van der Waals surface area contributed by atoms with E-state index in [-0.39, 0.29) is 5.91 Å². The molecule has 2 saturated heterocycles. The minimum absolute atomic E-state index is 0.130. The van der Waals surface area contributed by atoms with Crippen molar-refractivity contribution in [2.45, 2.75) is 51.6 Å². The summed E-state index contributed by atoms with van der Waals surface area (Å²) in [6.45, 7) is 7.88. The third-order valence-electron chi connectivity index (χ3n) is 6.65. The molecule has 0 spiro atoms. The van der Waals surface area contributed by atoms with Crippen molar-refractivity contribution in [2.24, 2.45) is 5.92 Å². The maximum atomic E-state index is 12.5. The van der Waals surface area contributed by atoms with Gasteiger partial charge in [0.1, 0.15) is 0 Å². The van der Waals surface area contributed by atoms with E-state index in [1.54, 1.807) is 6.07 Å². The van der Waals surface area contributed by atoms with E-state index in [1.165, 1.54) is 24.8 Å². The highest BCUT2D eigenvalue weighted by Crippen LogP contribution is 2.23. The van der Waals surface area contributed by atoms with Crippen molar-refractivity contribution in [3.8, 4) is 0 Å². The summed E-state index contributed by atoms with van der Waals surface area (Å²) < 4.78 is 5.46. The summed E-state index contributed by atoms with van der Waals surface area (Å²) in [6.07, 6.45) is 5.93. The van der Waals surface area contributed by atoms with Gasteiger partial charge in [-0.3, -0.25) is 14.6 Å². The number of rotatable bonds is 8. The molecular weight excluding hydrogens is 376 g/mol. The number of amides is 1. The van der Waals surface area contributed by atoms with Crippen LogP contribution in [0.4, 0.5) is 0 Å². The topological polar surface area (TPSA) is 61.6 Å². The highest BCUT2D eigenvalue weighted by atomic mass is 16.5. The molecule has 0 saturated carbocycles. The van der Waals surface area contributed by atoms with Gasteiger partial charge in [0.15, 0.2) is 11.5 Å². The molecule has 6 heteroatoms. The Morgan fingerprint density at radius 1 is 1.17 bits per heavy atom. The van der Waals surface area contributed by atoms with Gasteiger partial charge in [-0.25, -0.2) is 0 Å². The van der Waals surface area contributed by atoms with Crippen LogP contribution in [0, 0.1) is 5.92 Å². The van der Waals surface area contributed by atoms with Gasteiger partial charge in [-0.2, -0.15) is 0 Å². The van der Waals surface area contributed by atoms with Crippen molar-refractivity contribution in [3.63, 3.8) is 0 Å². The van der Waals surface area contributed by atoms with E-state index < -0.39 is 0 Å². The van der Waals surface area contributed by atoms with Crippen LogP contribution in [0.25, 0.3) is 0 Å². The van der Waals surface area contributed by atoms with E-state index in [0.717, 1.165) is 57.2 Å².